The van der Waals surface area contributed by atoms with E-state index < -0.39 is 11.2 Å². The van der Waals surface area contributed by atoms with Crippen molar-refractivity contribution in [2.75, 3.05) is 27.4 Å². The van der Waals surface area contributed by atoms with Crippen LogP contribution in [0.25, 0.3) is 0 Å². The molecule has 5 heteroatoms. The lowest BCUT2D eigenvalue weighted by Crippen LogP contribution is -2.59. The van der Waals surface area contributed by atoms with Gasteiger partial charge in [-0.05, 0) is 19.3 Å². The van der Waals surface area contributed by atoms with E-state index in [1.165, 1.54) is 12.2 Å². The number of allylic oxidation sites excluding steroid dienone is 1. The van der Waals surface area contributed by atoms with Crippen LogP contribution in [-0.4, -0.2) is 44.1 Å². The van der Waals surface area contributed by atoms with Crippen molar-refractivity contribution in [3.63, 3.8) is 0 Å². The van der Waals surface area contributed by atoms with Crippen LogP contribution >= 0.6 is 0 Å². The van der Waals surface area contributed by atoms with Crippen molar-refractivity contribution in [2.24, 2.45) is 5.41 Å². The number of hydroxylamine groups is 2. The molecule has 0 aromatic heterocycles. The second kappa shape index (κ2) is 5.61. The SMILES string of the molecule is C=CC[C@]1(C(=O)N(C)OC)CCCCC12OCCO2. The van der Waals surface area contributed by atoms with E-state index in [1.54, 1.807) is 13.1 Å². The largest absolute Gasteiger partial charge is 0.346 e. The molecule has 2 fully saturated rings. The van der Waals surface area contributed by atoms with Crippen LogP contribution in [0, 0.1) is 5.41 Å². The summed E-state index contributed by atoms with van der Waals surface area (Å²) in [6.45, 7) is 4.89. The normalized spacial score (nSPS) is 29.4. The molecule has 2 rings (SSSR count). The predicted octanol–water partition coefficient (Wildman–Crippen LogP) is 1.89. The van der Waals surface area contributed by atoms with Gasteiger partial charge in [0.2, 0.25) is 0 Å². The van der Waals surface area contributed by atoms with Crippen LogP contribution in [0.3, 0.4) is 0 Å². The minimum atomic E-state index is -0.802. The molecule has 0 unspecified atom stereocenters. The summed E-state index contributed by atoms with van der Waals surface area (Å²) in [5, 5.41) is 1.28. The summed E-state index contributed by atoms with van der Waals surface area (Å²) >= 11 is 0. The Morgan fingerprint density at radius 3 is 2.58 bits per heavy atom. The molecule has 0 N–H and O–H groups in total. The van der Waals surface area contributed by atoms with Crippen LogP contribution in [0.4, 0.5) is 0 Å². The molecule has 0 aromatic rings. The first kappa shape index (κ1) is 14.5. The molecule has 1 aliphatic heterocycles. The quantitative estimate of drug-likeness (QED) is 0.577. The molecule has 2 aliphatic rings. The van der Waals surface area contributed by atoms with E-state index in [0.29, 0.717) is 19.6 Å². The molecule has 0 aromatic carbocycles. The second-order valence-electron chi connectivity index (χ2n) is 5.22. The minimum absolute atomic E-state index is 0.0866. The van der Waals surface area contributed by atoms with Crippen LogP contribution in [0.1, 0.15) is 32.1 Å². The van der Waals surface area contributed by atoms with Gasteiger partial charge in [-0.25, -0.2) is 5.06 Å². The van der Waals surface area contributed by atoms with Crippen LogP contribution in [-0.2, 0) is 19.1 Å². The van der Waals surface area contributed by atoms with E-state index in [-0.39, 0.29) is 5.91 Å². The molecule has 1 heterocycles. The summed E-state index contributed by atoms with van der Waals surface area (Å²) in [5.74, 6) is -0.889. The van der Waals surface area contributed by atoms with E-state index >= 15 is 0 Å². The maximum atomic E-state index is 12.8. The second-order valence-corrected chi connectivity index (χ2v) is 5.22. The summed E-state index contributed by atoms with van der Waals surface area (Å²) in [4.78, 5) is 17.9. The summed E-state index contributed by atoms with van der Waals surface area (Å²) in [6.07, 6.45) is 5.82. The van der Waals surface area contributed by atoms with Crippen molar-refractivity contribution in [2.45, 2.75) is 37.9 Å². The average Bonchev–Trinajstić information content (AvgIpc) is 2.90. The van der Waals surface area contributed by atoms with Gasteiger partial charge in [0, 0.05) is 13.5 Å². The van der Waals surface area contributed by atoms with E-state index in [2.05, 4.69) is 6.58 Å². The van der Waals surface area contributed by atoms with E-state index in [4.69, 9.17) is 14.3 Å². The topological polar surface area (TPSA) is 48.0 Å². The molecule has 0 bridgehead atoms. The Bertz CT molecular complexity index is 351. The summed E-state index contributed by atoms with van der Waals surface area (Å²) in [5.41, 5.74) is -0.714. The molecule has 1 spiro atoms. The van der Waals surface area contributed by atoms with Crippen molar-refractivity contribution in [1.82, 2.24) is 5.06 Å². The van der Waals surface area contributed by atoms with E-state index in [0.717, 1.165) is 25.7 Å². The van der Waals surface area contributed by atoms with Crippen LogP contribution < -0.4 is 0 Å². The number of amides is 1. The number of rotatable bonds is 4. The zero-order valence-corrected chi connectivity index (χ0v) is 11.8. The van der Waals surface area contributed by atoms with Crippen molar-refractivity contribution < 1.29 is 19.1 Å². The minimum Gasteiger partial charge on any atom is -0.346 e. The first-order chi connectivity index (χ1) is 9.12. The smallest absolute Gasteiger partial charge is 0.257 e. The highest BCUT2D eigenvalue weighted by atomic mass is 16.7. The van der Waals surface area contributed by atoms with Crippen molar-refractivity contribution in [1.29, 1.82) is 0 Å². The number of carbonyl (C=O) groups excluding carboxylic acids is 1. The number of hydrogen-bond acceptors (Lipinski definition) is 4. The number of ether oxygens (including phenoxy) is 2. The average molecular weight is 269 g/mol. The van der Waals surface area contributed by atoms with Gasteiger partial charge in [0.05, 0.1) is 20.3 Å². The fourth-order valence-corrected chi connectivity index (χ4v) is 3.34. The first-order valence-corrected chi connectivity index (χ1v) is 6.83. The fourth-order valence-electron chi connectivity index (χ4n) is 3.34. The van der Waals surface area contributed by atoms with Gasteiger partial charge in [0.1, 0.15) is 5.41 Å². The standard InChI is InChI=1S/C14H23NO4/c1-4-7-13(12(16)15(2)17-3)8-5-6-9-14(13)18-10-11-19-14/h4H,1,5-11H2,2-3H3/t13-/m1/s1. The van der Waals surface area contributed by atoms with Gasteiger partial charge in [-0.1, -0.05) is 12.5 Å². The lowest BCUT2D eigenvalue weighted by molar-refractivity contribution is -0.264. The Morgan fingerprint density at radius 1 is 1.37 bits per heavy atom. The Labute approximate surface area is 114 Å². The molecule has 108 valence electrons. The Balaban J connectivity index is 2.39. The van der Waals surface area contributed by atoms with Gasteiger partial charge < -0.3 is 9.47 Å². The highest BCUT2D eigenvalue weighted by molar-refractivity contribution is 5.83. The van der Waals surface area contributed by atoms with Crippen molar-refractivity contribution >= 4 is 5.91 Å². The molecule has 1 aliphatic carbocycles. The van der Waals surface area contributed by atoms with Crippen molar-refractivity contribution in [3.8, 4) is 0 Å². The van der Waals surface area contributed by atoms with E-state index in [1.807, 2.05) is 0 Å². The van der Waals surface area contributed by atoms with Gasteiger partial charge in [-0.2, -0.15) is 0 Å². The van der Waals surface area contributed by atoms with Gasteiger partial charge >= 0.3 is 0 Å². The summed E-state index contributed by atoms with van der Waals surface area (Å²) in [6, 6.07) is 0. The Hall–Kier alpha value is -0.910. The molecule has 1 atom stereocenters. The summed E-state index contributed by atoms with van der Waals surface area (Å²) < 4.78 is 11.8. The molecule has 0 radical (unpaired) electrons. The molecule has 19 heavy (non-hydrogen) atoms. The van der Waals surface area contributed by atoms with Gasteiger partial charge in [-0.15, -0.1) is 6.58 Å². The number of hydrogen-bond donors (Lipinski definition) is 0. The number of nitrogens with zero attached hydrogens (tertiary/aromatic N) is 1. The van der Waals surface area contributed by atoms with Gasteiger partial charge in [0.15, 0.2) is 5.79 Å². The monoisotopic (exact) mass is 269 g/mol. The molecule has 1 saturated carbocycles. The lowest BCUT2D eigenvalue weighted by atomic mass is 9.66. The molecule has 1 saturated heterocycles. The van der Waals surface area contributed by atoms with Crippen molar-refractivity contribution in [3.05, 3.63) is 12.7 Å². The number of carbonyl (C=O) groups is 1. The maximum absolute atomic E-state index is 12.8. The van der Waals surface area contributed by atoms with Gasteiger partial charge in [-0.3, -0.25) is 9.63 Å². The van der Waals surface area contributed by atoms with Crippen LogP contribution in [0.2, 0.25) is 0 Å². The molecular weight excluding hydrogens is 246 g/mol. The molecular formula is C14H23NO4. The van der Waals surface area contributed by atoms with Gasteiger partial charge in [0.25, 0.3) is 5.91 Å². The highest BCUT2D eigenvalue weighted by Gasteiger charge is 2.61. The maximum Gasteiger partial charge on any atom is 0.257 e. The zero-order chi connectivity index (χ0) is 13.9. The Kier molecular flexibility index (Phi) is 4.28. The molecule has 5 nitrogen and oxygen atoms in total. The van der Waals surface area contributed by atoms with E-state index in [9.17, 15) is 4.79 Å². The molecule has 1 amide bonds. The third-order valence-corrected chi connectivity index (χ3v) is 4.30. The van der Waals surface area contributed by atoms with Crippen LogP contribution in [0.15, 0.2) is 12.7 Å². The lowest BCUT2D eigenvalue weighted by Gasteiger charge is -2.49. The first-order valence-electron chi connectivity index (χ1n) is 6.83. The predicted molar refractivity (Wildman–Crippen MR) is 70.1 cm³/mol. The Morgan fingerprint density at radius 2 is 2.00 bits per heavy atom. The van der Waals surface area contributed by atoms with Crippen LogP contribution in [0.5, 0.6) is 0 Å². The highest BCUT2D eigenvalue weighted by Crippen LogP contribution is 2.52. The zero-order valence-electron chi connectivity index (χ0n) is 11.8. The fraction of sp³-hybridized carbons (Fsp3) is 0.786. The third-order valence-electron chi connectivity index (χ3n) is 4.30. The third kappa shape index (κ3) is 2.20. The summed E-state index contributed by atoms with van der Waals surface area (Å²) in [7, 11) is 3.12.